The van der Waals surface area contributed by atoms with Crippen molar-refractivity contribution in [2.24, 2.45) is 5.10 Å². The van der Waals surface area contributed by atoms with E-state index in [4.69, 9.17) is 4.42 Å². The molecule has 2 N–H and O–H groups in total. The summed E-state index contributed by atoms with van der Waals surface area (Å²) in [6.07, 6.45) is 0. The van der Waals surface area contributed by atoms with Crippen LogP contribution in [0.4, 0.5) is 0 Å². The molecule has 0 unspecified atom stereocenters. The Kier molecular flexibility index (Phi) is 5.49. The van der Waals surface area contributed by atoms with E-state index in [1.165, 1.54) is 19.2 Å². The Morgan fingerprint density at radius 3 is 1.96 bits per heavy atom. The summed E-state index contributed by atoms with van der Waals surface area (Å²) in [6, 6.07) is 21.3. The second-order valence-corrected chi connectivity index (χ2v) is 7.28. The van der Waals surface area contributed by atoms with Crippen molar-refractivity contribution in [2.75, 3.05) is 7.05 Å². The molecule has 7 nitrogen and oxygen atoms in total. The maximum Gasteiger partial charge on any atom is 0.307 e. The molecule has 0 aliphatic carbocycles. The number of furan rings is 1. The van der Waals surface area contributed by atoms with Gasteiger partial charge in [0.05, 0.1) is 5.71 Å². The van der Waals surface area contributed by atoms with E-state index in [-0.39, 0.29) is 10.9 Å². The Morgan fingerprint density at radius 2 is 1.44 bits per heavy atom. The van der Waals surface area contributed by atoms with Crippen molar-refractivity contribution in [2.45, 2.75) is 5.09 Å². The maximum atomic E-state index is 12.3. The fraction of sp³-hybridized carbons (Fsp3) is 0.0526. The average Bonchev–Trinajstić information content (AvgIpc) is 3.21. The summed E-state index contributed by atoms with van der Waals surface area (Å²) in [5.74, 6) is -0.815. The highest BCUT2D eigenvalue weighted by Crippen LogP contribution is 2.14. The summed E-state index contributed by atoms with van der Waals surface area (Å²) in [4.78, 5) is 12.3. The van der Waals surface area contributed by atoms with Gasteiger partial charge in [-0.3, -0.25) is 4.79 Å². The fourth-order valence-corrected chi connectivity index (χ4v) is 2.98. The smallest absolute Gasteiger partial charge is 0.307 e. The van der Waals surface area contributed by atoms with E-state index in [0.29, 0.717) is 5.71 Å². The SMILES string of the molecule is CNS(=O)(=O)c1ccc(C(=O)NN=C(c2ccccc2)c2ccccc2)o1. The van der Waals surface area contributed by atoms with Gasteiger partial charge >= 0.3 is 5.91 Å². The Morgan fingerprint density at radius 1 is 0.889 bits per heavy atom. The molecule has 0 saturated heterocycles. The molecule has 1 aromatic heterocycles. The third-order valence-electron chi connectivity index (χ3n) is 3.70. The number of hydrogen-bond donors (Lipinski definition) is 2. The lowest BCUT2D eigenvalue weighted by atomic mass is 10.0. The normalized spacial score (nSPS) is 11.0. The first-order chi connectivity index (χ1) is 13.0. The van der Waals surface area contributed by atoms with Gasteiger partial charge in [-0.2, -0.15) is 5.10 Å². The fourth-order valence-electron chi connectivity index (χ4n) is 2.34. The molecule has 0 fully saturated rings. The summed E-state index contributed by atoms with van der Waals surface area (Å²) in [7, 11) is -2.50. The second kappa shape index (κ2) is 7.98. The van der Waals surface area contributed by atoms with Crippen molar-refractivity contribution in [1.29, 1.82) is 0 Å². The number of sulfonamides is 1. The van der Waals surface area contributed by atoms with Gasteiger partial charge in [-0.05, 0) is 19.2 Å². The van der Waals surface area contributed by atoms with Crippen LogP contribution < -0.4 is 10.1 Å². The number of carbonyl (C=O) groups excluding carboxylic acids is 1. The van der Waals surface area contributed by atoms with E-state index in [1.54, 1.807) is 0 Å². The van der Waals surface area contributed by atoms with E-state index >= 15 is 0 Å². The van der Waals surface area contributed by atoms with Crippen LogP contribution in [0.25, 0.3) is 0 Å². The zero-order valence-corrected chi connectivity index (χ0v) is 15.2. The molecule has 8 heteroatoms. The third-order valence-corrected chi connectivity index (χ3v) is 4.99. The number of nitrogens with one attached hydrogen (secondary N) is 2. The molecule has 27 heavy (non-hydrogen) atoms. The van der Waals surface area contributed by atoms with Crippen molar-refractivity contribution in [3.8, 4) is 0 Å². The van der Waals surface area contributed by atoms with Gasteiger partial charge in [0, 0.05) is 11.1 Å². The number of hydrogen-bond acceptors (Lipinski definition) is 5. The number of carbonyl (C=O) groups is 1. The molecule has 3 rings (SSSR count). The first kappa shape index (κ1) is 18.6. The zero-order valence-electron chi connectivity index (χ0n) is 14.4. The van der Waals surface area contributed by atoms with E-state index in [0.717, 1.165) is 11.1 Å². The van der Waals surface area contributed by atoms with Crippen LogP contribution in [0.15, 0.2) is 87.4 Å². The molecular weight excluding hydrogens is 366 g/mol. The van der Waals surface area contributed by atoms with E-state index in [9.17, 15) is 13.2 Å². The molecule has 1 amide bonds. The Hall–Kier alpha value is -3.23. The predicted octanol–water partition coefficient (Wildman–Crippen LogP) is 2.37. The summed E-state index contributed by atoms with van der Waals surface area (Å²) in [6.45, 7) is 0. The number of rotatable bonds is 6. The molecule has 0 radical (unpaired) electrons. The molecule has 0 atom stereocenters. The van der Waals surface area contributed by atoms with Crippen molar-refractivity contribution in [3.63, 3.8) is 0 Å². The molecule has 0 bridgehead atoms. The molecule has 3 aromatic rings. The van der Waals surface area contributed by atoms with Crippen LogP contribution in [0.5, 0.6) is 0 Å². The summed E-state index contributed by atoms with van der Waals surface area (Å²) < 4.78 is 30.7. The van der Waals surface area contributed by atoms with Crippen LogP contribution in [-0.2, 0) is 10.0 Å². The minimum absolute atomic E-state index is 0.159. The first-order valence-electron chi connectivity index (χ1n) is 8.03. The minimum atomic E-state index is -3.76. The van der Waals surface area contributed by atoms with Crippen molar-refractivity contribution in [1.82, 2.24) is 10.1 Å². The van der Waals surface area contributed by atoms with E-state index < -0.39 is 15.9 Å². The second-order valence-electron chi connectivity index (χ2n) is 5.46. The van der Waals surface area contributed by atoms with Gasteiger partial charge in [0.2, 0.25) is 5.09 Å². The molecule has 0 spiro atoms. The summed E-state index contributed by atoms with van der Waals surface area (Å²) in [5.41, 5.74) is 4.63. The minimum Gasteiger partial charge on any atom is -0.438 e. The van der Waals surface area contributed by atoms with E-state index in [2.05, 4.69) is 15.2 Å². The predicted molar refractivity (Wildman–Crippen MR) is 101 cm³/mol. The lowest BCUT2D eigenvalue weighted by Gasteiger charge is -2.07. The Bertz CT molecular complexity index is 1020. The van der Waals surface area contributed by atoms with Gasteiger partial charge in [0.15, 0.2) is 5.76 Å². The molecule has 1 heterocycles. The van der Waals surface area contributed by atoms with Crippen LogP contribution in [0.3, 0.4) is 0 Å². The van der Waals surface area contributed by atoms with E-state index in [1.807, 2.05) is 60.7 Å². The maximum absolute atomic E-state index is 12.3. The molecule has 0 aliphatic heterocycles. The Balaban J connectivity index is 1.88. The van der Waals surface area contributed by atoms with Gasteiger partial charge in [-0.25, -0.2) is 18.6 Å². The van der Waals surface area contributed by atoms with Gasteiger partial charge < -0.3 is 4.42 Å². The zero-order chi connectivity index (χ0) is 19.3. The van der Waals surface area contributed by atoms with Crippen molar-refractivity contribution >= 4 is 21.6 Å². The molecule has 138 valence electrons. The third kappa shape index (κ3) is 4.30. The highest BCUT2D eigenvalue weighted by atomic mass is 32.2. The average molecular weight is 383 g/mol. The Labute approximate surface area is 156 Å². The van der Waals surface area contributed by atoms with Crippen molar-refractivity contribution < 1.29 is 17.6 Å². The van der Waals surface area contributed by atoms with Crippen LogP contribution in [0.1, 0.15) is 21.7 Å². The van der Waals surface area contributed by atoms with Gasteiger partial charge in [-0.1, -0.05) is 60.7 Å². The number of benzene rings is 2. The van der Waals surface area contributed by atoms with Gasteiger partial charge in [0.25, 0.3) is 10.0 Å². The lowest BCUT2D eigenvalue weighted by Crippen LogP contribution is -2.20. The monoisotopic (exact) mass is 383 g/mol. The highest BCUT2D eigenvalue weighted by Gasteiger charge is 2.19. The number of nitrogens with zero attached hydrogens (tertiary/aromatic N) is 1. The van der Waals surface area contributed by atoms with Crippen molar-refractivity contribution in [3.05, 3.63) is 89.7 Å². The van der Waals surface area contributed by atoms with Gasteiger partial charge in [-0.15, -0.1) is 0 Å². The standard InChI is InChI=1S/C19H17N3O4S/c1-20-27(24,25)17-13-12-16(26-17)19(23)22-21-18(14-8-4-2-5-9-14)15-10-6-3-7-11-15/h2-13,20H,1H3,(H,22,23). The van der Waals surface area contributed by atoms with Crippen LogP contribution in [0, 0.1) is 0 Å². The quantitative estimate of drug-likeness (QED) is 0.504. The first-order valence-corrected chi connectivity index (χ1v) is 9.52. The molecular formula is C19H17N3O4S. The summed E-state index contributed by atoms with van der Waals surface area (Å²) in [5, 5.41) is 3.88. The van der Waals surface area contributed by atoms with Crippen LogP contribution >= 0.6 is 0 Å². The van der Waals surface area contributed by atoms with Crippen LogP contribution in [0.2, 0.25) is 0 Å². The molecule has 0 aliphatic rings. The van der Waals surface area contributed by atoms with Gasteiger partial charge in [0.1, 0.15) is 0 Å². The molecule has 0 saturated carbocycles. The number of amides is 1. The number of hydrazone groups is 1. The van der Waals surface area contributed by atoms with Crippen LogP contribution in [-0.4, -0.2) is 27.1 Å². The molecule has 2 aromatic carbocycles. The lowest BCUT2D eigenvalue weighted by molar-refractivity contribution is 0.0922. The summed E-state index contributed by atoms with van der Waals surface area (Å²) >= 11 is 0. The highest BCUT2D eigenvalue weighted by molar-refractivity contribution is 7.89. The largest absolute Gasteiger partial charge is 0.438 e. The topological polar surface area (TPSA) is 101 Å².